The van der Waals surface area contributed by atoms with Gasteiger partial charge in [0.2, 0.25) is 0 Å². The van der Waals surface area contributed by atoms with Gasteiger partial charge in [0.05, 0.1) is 9.88 Å². The van der Waals surface area contributed by atoms with Crippen molar-refractivity contribution in [2.45, 2.75) is 13.3 Å². The molecule has 1 amide bonds. The van der Waals surface area contributed by atoms with Gasteiger partial charge in [-0.2, -0.15) is 0 Å². The van der Waals surface area contributed by atoms with Crippen LogP contribution in [0, 0.1) is 6.92 Å². The number of hydrogen-bond donors (Lipinski definition) is 2. The Morgan fingerprint density at radius 3 is 3.00 bits per heavy atom. The zero-order chi connectivity index (χ0) is 12.3. The monoisotopic (exact) mass is 267 g/mol. The summed E-state index contributed by atoms with van der Waals surface area (Å²) < 4.78 is 0. The second-order valence-electron chi connectivity index (χ2n) is 3.55. The third-order valence-corrected chi connectivity index (χ3v) is 4.19. The zero-order valence-corrected chi connectivity index (χ0v) is 11.0. The molecule has 0 radical (unpaired) electrons. The molecule has 2 aromatic heterocycles. The third kappa shape index (κ3) is 3.04. The Kier molecular flexibility index (Phi) is 3.75. The van der Waals surface area contributed by atoms with Crippen molar-refractivity contribution >= 4 is 34.3 Å². The highest BCUT2D eigenvalue weighted by molar-refractivity contribution is 7.14. The number of hydrogen-bond acceptors (Lipinski definition) is 5. The van der Waals surface area contributed by atoms with Gasteiger partial charge in [0, 0.05) is 35.1 Å². The van der Waals surface area contributed by atoms with E-state index in [-0.39, 0.29) is 5.91 Å². The van der Waals surface area contributed by atoms with Crippen LogP contribution in [0.2, 0.25) is 0 Å². The molecule has 0 atom stereocenters. The van der Waals surface area contributed by atoms with Crippen LogP contribution in [-0.4, -0.2) is 17.4 Å². The number of thiophene rings is 1. The molecule has 0 aliphatic heterocycles. The Hall–Kier alpha value is -1.40. The summed E-state index contributed by atoms with van der Waals surface area (Å²) in [6.07, 6.45) is 2.54. The molecule has 3 N–H and O–H groups in total. The number of carbonyl (C=O) groups excluding carboxylic acids is 1. The Labute approximate surface area is 107 Å². The normalized spacial score (nSPS) is 10.4. The summed E-state index contributed by atoms with van der Waals surface area (Å²) >= 11 is 3.02. The first-order valence-corrected chi connectivity index (χ1v) is 6.89. The highest BCUT2D eigenvalue weighted by atomic mass is 32.1. The fraction of sp³-hybridized carbons (Fsp3) is 0.273. The lowest BCUT2D eigenvalue weighted by molar-refractivity contribution is 0.0958. The molecular formula is C11H13N3OS2. The maximum Gasteiger partial charge on any atom is 0.261 e. The molecule has 0 unspecified atom stereocenters. The molecule has 0 aliphatic carbocycles. The van der Waals surface area contributed by atoms with Crippen molar-refractivity contribution in [3.05, 3.63) is 32.4 Å². The summed E-state index contributed by atoms with van der Waals surface area (Å²) in [6.45, 7) is 2.51. The van der Waals surface area contributed by atoms with Crippen molar-refractivity contribution < 1.29 is 4.79 Å². The number of nitrogen functional groups attached to an aromatic ring is 1. The Bertz CT molecular complexity index is 485. The second kappa shape index (κ2) is 5.29. The van der Waals surface area contributed by atoms with Gasteiger partial charge in [0.15, 0.2) is 0 Å². The standard InChI is InChI=1S/C11H13N3OS2/c1-7-8(12)6-9(17-7)11(15)14-3-2-10-13-4-5-16-10/h4-6H,2-3,12H2,1H3,(H,14,15). The van der Waals surface area contributed by atoms with Crippen LogP contribution < -0.4 is 11.1 Å². The lowest BCUT2D eigenvalue weighted by atomic mass is 10.3. The fourth-order valence-electron chi connectivity index (χ4n) is 1.35. The number of thiazole rings is 1. The van der Waals surface area contributed by atoms with Crippen molar-refractivity contribution in [1.82, 2.24) is 10.3 Å². The van der Waals surface area contributed by atoms with Gasteiger partial charge >= 0.3 is 0 Å². The maximum atomic E-state index is 11.8. The summed E-state index contributed by atoms with van der Waals surface area (Å²) in [7, 11) is 0. The smallest absolute Gasteiger partial charge is 0.261 e. The Morgan fingerprint density at radius 1 is 1.59 bits per heavy atom. The van der Waals surface area contributed by atoms with Crippen LogP contribution in [0.25, 0.3) is 0 Å². The summed E-state index contributed by atoms with van der Waals surface area (Å²) in [6, 6.07) is 1.72. The summed E-state index contributed by atoms with van der Waals surface area (Å²) in [4.78, 5) is 17.6. The van der Waals surface area contributed by atoms with E-state index in [0.29, 0.717) is 17.1 Å². The fourth-order valence-corrected chi connectivity index (χ4v) is 2.83. The number of aryl methyl sites for hydroxylation is 1. The van der Waals surface area contributed by atoms with E-state index in [2.05, 4.69) is 10.3 Å². The van der Waals surface area contributed by atoms with E-state index >= 15 is 0 Å². The summed E-state index contributed by atoms with van der Waals surface area (Å²) in [5, 5.41) is 5.83. The van der Waals surface area contributed by atoms with Gasteiger partial charge in [0.1, 0.15) is 0 Å². The number of amides is 1. The van der Waals surface area contributed by atoms with Crippen LogP contribution in [0.5, 0.6) is 0 Å². The third-order valence-electron chi connectivity index (χ3n) is 2.29. The zero-order valence-electron chi connectivity index (χ0n) is 9.40. The number of nitrogens with two attached hydrogens (primary N) is 1. The lowest BCUT2D eigenvalue weighted by Gasteiger charge is -2.00. The van der Waals surface area contributed by atoms with Crippen LogP contribution in [-0.2, 0) is 6.42 Å². The number of anilines is 1. The van der Waals surface area contributed by atoms with E-state index in [1.54, 1.807) is 23.6 Å². The van der Waals surface area contributed by atoms with Gasteiger partial charge < -0.3 is 11.1 Å². The van der Waals surface area contributed by atoms with E-state index in [1.165, 1.54) is 11.3 Å². The topological polar surface area (TPSA) is 68.0 Å². The van der Waals surface area contributed by atoms with E-state index in [0.717, 1.165) is 16.3 Å². The van der Waals surface area contributed by atoms with Gasteiger partial charge in [0.25, 0.3) is 5.91 Å². The van der Waals surface area contributed by atoms with Gasteiger partial charge in [-0.15, -0.1) is 22.7 Å². The molecule has 2 rings (SSSR count). The van der Waals surface area contributed by atoms with Crippen LogP contribution in [0.15, 0.2) is 17.6 Å². The van der Waals surface area contributed by atoms with Crippen molar-refractivity contribution in [1.29, 1.82) is 0 Å². The first-order valence-electron chi connectivity index (χ1n) is 5.19. The molecule has 0 aromatic carbocycles. The van der Waals surface area contributed by atoms with Gasteiger partial charge in [-0.05, 0) is 13.0 Å². The van der Waals surface area contributed by atoms with E-state index in [1.807, 2.05) is 12.3 Å². The molecule has 2 aromatic rings. The molecule has 17 heavy (non-hydrogen) atoms. The minimum atomic E-state index is -0.0636. The van der Waals surface area contributed by atoms with Crippen molar-refractivity contribution in [3.8, 4) is 0 Å². The number of nitrogens with zero attached hydrogens (tertiary/aromatic N) is 1. The minimum absolute atomic E-state index is 0.0636. The summed E-state index contributed by atoms with van der Waals surface area (Å²) in [5.41, 5.74) is 6.39. The maximum absolute atomic E-state index is 11.8. The van der Waals surface area contributed by atoms with Crippen LogP contribution in [0.3, 0.4) is 0 Å². The van der Waals surface area contributed by atoms with E-state index < -0.39 is 0 Å². The number of nitrogens with one attached hydrogen (secondary N) is 1. The molecule has 0 saturated carbocycles. The first-order chi connectivity index (χ1) is 8.16. The SMILES string of the molecule is Cc1sc(C(=O)NCCc2nccs2)cc1N. The molecule has 0 bridgehead atoms. The lowest BCUT2D eigenvalue weighted by Crippen LogP contribution is -2.24. The predicted octanol–water partition coefficient (Wildman–Crippen LogP) is 2.07. The summed E-state index contributed by atoms with van der Waals surface area (Å²) in [5.74, 6) is -0.0636. The van der Waals surface area contributed by atoms with Gasteiger partial charge in [-0.3, -0.25) is 4.79 Å². The highest BCUT2D eigenvalue weighted by Crippen LogP contribution is 2.23. The molecule has 6 heteroatoms. The molecule has 0 aliphatic rings. The largest absolute Gasteiger partial charge is 0.398 e. The number of rotatable bonds is 4. The van der Waals surface area contributed by atoms with Gasteiger partial charge in [-0.25, -0.2) is 4.98 Å². The predicted molar refractivity (Wildman–Crippen MR) is 71.6 cm³/mol. The van der Waals surface area contributed by atoms with Gasteiger partial charge in [-0.1, -0.05) is 0 Å². The molecule has 0 spiro atoms. The molecule has 4 nitrogen and oxygen atoms in total. The van der Waals surface area contributed by atoms with Crippen LogP contribution in [0.4, 0.5) is 5.69 Å². The Morgan fingerprint density at radius 2 is 2.41 bits per heavy atom. The van der Waals surface area contributed by atoms with E-state index in [9.17, 15) is 4.79 Å². The quantitative estimate of drug-likeness (QED) is 0.891. The van der Waals surface area contributed by atoms with Crippen molar-refractivity contribution in [2.75, 3.05) is 12.3 Å². The second-order valence-corrected chi connectivity index (χ2v) is 5.79. The molecule has 90 valence electrons. The Balaban J connectivity index is 1.85. The average molecular weight is 267 g/mol. The molecule has 0 saturated heterocycles. The number of carbonyl (C=O) groups is 1. The molecule has 2 heterocycles. The average Bonchev–Trinajstić information content (AvgIpc) is 2.90. The van der Waals surface area contributed by atoms with E-state index in [4.69, 9.17) is 5.73 Å². The first kappa shape index (κ1) is 12.1. The highest BCUT2D eigenvalue weighted by Gasteiger charge is 2.10. The number of aromatic nitrogens is 1. The molecular weight excluding hydrogens is 254 g/mol. The van der Waals surface area contributed by atoms with Crippen molar-refractivity contribution in [2.24, 2.45) is 0 Å². The van der Waals surface area contributed by atoms with Crippen LogP contribution in [0.1, 0.15) is 19.6 Å². The van der Waals surface area contributed by atoms with Crippen molar-refractivity contribution in [3.63, 3.8) is 0 Å². The van der Waals surface area contributed by atoms with Crippen LogP contribution >= 0.6 is 22.7 Å². The minimum Gasteiger partial charge on any atom is -0.398 e. The molecule has 0 fully saturated rings.